The second-order valence-electron chi connectivity index (χ2n) is 10.3. The van der Waals surface area contributed by atoms with Crippen LogP contribution in [-0.4, -0.2) is 59.0 Å². The predicted molar refractivity (Wildman–Crippen MR) is 153 cm³/mol. The van der Waals surface area contributed by atoms with Crippen molar-refractivity contribution >= 4 is 29.3 Å². The van der Waals surface area contributed by atoms with E-state index in [2.05, 4.69) is 36.1 Å². The number of piperidine rings is 1. The Morgan fingerprint density at radius 2 is 1.85 bits per heavy atom. The van der Waals surface area contributed by atoms with Gasteiger partial charge in [-0.2, -0.15) is 0 Å². The number of pyridine rings is 2. The molecular weight excluding hydrogens is 511 g/mol. The molecule has 1 aromatic carbocycles. The molecule has 1 saturated heterocycles. The number of rotatable bonds is 10. The van der Waals surface area contributed by atoms with Crippen LogP contribution >= 0.6 is 0 Å². The van der Waals surface area contributed by atoms with Crippen LogP contribution in [0.2, 0.25) is 0 Å². The number of urea groups is 1. The number of likely N-dealkylation sites (tertiary alicyclic amines) is 1. The van der Waals surface area contributed by atoms with Gasteiger partial charge in [0.05, 0.1) is 16.9 Å². The summed E-state index contributed by atoms with van der Waals surface area (Å²) in [5, 5.41) is 11.6. The summed E-state index contributed by atoms with van der Waals surface area (Å²) < 4.78 is 14.9. The molecule has 3 heterocycles. The van der Waals surface area contributed by atoms with Crippen LogP contribution in [0.5, 0.6) is 0 Å². The number of nitrogens with two attached hydrogens (primary N) is 1. The molecule has 1 aliphatic heterocycles. The Morgan fingerprint density at radius 3 is 2.58 bits per heavy atom. The second kappa shape index (κ2) is 12.7. The van der Waals surface area contributed by atoms with Crippen molar-refractivity contribution in [2.75, 3.05) is 42.5 Å². The van der Waals surface area contributed by atoms with E-state index in [1.54, 1.807) is 36.5 Å². The quantitative estimate of drug-likeness (QED) is 0.259. The molecule has 0 unspecified atom stereocenters. The highest BCUT2D eigenvalue weighted by molar-refractivity contribution is 5.99. The number of nitrogens with one attached hydrogen (secondary N) is 4. The van der Waals surface area contributed by atoms with E-state index >= 15 is 0 Å². The fourth-order valence-corrected chi connectivity index (χ4v) is 4.61. The van der Waals surface area contributed by atoms with E-state index in [4.69, 9.17) is 5.73 Å². The summed E-state index contributed by atoms with van der Waals surface area (Å²) in [6.07, 6.45) is 7.31. The number of amides is 3. The van der Waals surface area contributed by atoms with E-state index in [-0.39, 0.29) is 24.2 Å². The van der Waals surface area contributed by atoms with Crippen LogP contribution in [0.15, 0.2) is 48.7 Å². The number of nitrogen functional groups attached to an aromatic ring is 1. The SMILES string of the molecule is Nc1ccc(CNC(=O)Nc2ccc(-c3ccc(C(=O)NCCN4CCCCC4)c(NC4CC4)n3)cc2F)cn1. The minimum Gasteiger partial charge on any atom is -0.384 e. The fraction of sp³-hybridized carbons (Fsp3) is 0.379. The van der Waals surface area contributed by atoms with Gasteiger partial charge in [-0.25, -0.2) is 19.2 Å². The molecule has 10 nitrogen and oxygen atoms in total. The summed E-state index contributed by atoms with van der Waals surface area (Å²) in [5.74, 6) is 0.113. The lowest BCUT2D eigenvalue weighted by Gasteiger charge is -2.26. The second-order valence-corrected chi connectivity index (χ2v) is 10.3. The molecule has 40 heavy (non-hydrogen) atoms. The first-order chi connectivity index (χ1) is 19.4. The number of hydrogen-bond acceptors (Lipinski definition) is 7. The van der Waals surface area contributed by atoms with Crippen molar-refractivity contribution in [1.82, 2.24) is 25.5 Å². The standard InChI is InChI=1S/C29H35FN8O2/c30-23-16-20(5-9-25(23)37-29(40)34-18-19-4-11-26(31)33-17-19)24-10-8-22(27(36-24)35-21-6-7-21)28(39)32-12-15-38-13-2-1-3-14-38/h4-5,8-11,16-17,21H,1-3,6-7,12-15,18H2,(H2,31,33)(H,32,39)(H,35,36)(H2,34,37,40). The molecule has 2 fully saturated rings. The lowest BCUT2D eigenvalue weighted by Crippen LogP contribution is -2.37. The minimum absolute atomic E-state index is 0.0395. The van der Waals surface area contributed by atoms with Crippen LogP contribution in [-0.2, 0) is 6.54 Å². The van der Waals surface area contributed by atoms with Gasteiger partial charge in [0.1, 0.15) is 17.5 Å². The van der Waals surface area contributed by atoms with Gasteiger partial charge in [0.2, 0.25) is 0 Å². The molecule has 6 N–H and O–H groups in total. The molecule has 1 saturated carbocycles. The number of aromatic nitrogens is 2. The van der Waals surface area contributed by atoms with Crippen LogP contribution in [0, 0.1) is 5.82 Å². The number of carbonyl (C=O) groups excluding carboxylic acids is 2. The lowest BCUT2D eigenvalue weighted by molar-refractivity contribution is 0.0947. The third-order valence-electron chi connectivity index (χ3n) is 7.03. The highest BCUT2D eigenvalue weighted by Crippen LogP contribution is 2.29. The average molecular weight is 547 g/mol. The van der Waals surface area contributed by atoms with E-state index in [1.165, 1.54) is 31.4 Å². The highest BCUT2D eigenvalue weighted by atomic mass is 19.1. The molecule has 0 spiro atoms. The van der Waals surface area contributed by atoms with E-state index in [9.17, 15) is 14.0 Å². The maximum atomic E-state index is 14.9. The summed E-state index contributed by atoms with van der Waals surface area (Å²) in [7, 11) is 0. The molecule has 0 atom stereocenters. The molecular formula is C29H35FN8O2. The number of hydrogen-bond donors (Lipinski definition) is 5. The van der Waals surface area contributed by atoms with Crippen LogP contribution in [0.1, 0.15) is 48.0 Å². The Labute approximate surface area is 233 Å². The van der Waals surface area contributed by atoms with Crippen LogP contribution in [0.3, 0.4) is 0 Å². The van der Waals surface area contributed by atoms with Crippen LogP contribution in [0.4, 0.5) is 26.5 Å². The minimum atomic E-state index is -0.597. The van der Waals surface area contributed by atoms with Gasteiger partial charge in [0, 0.05) is 37.4 Å². The zero-order valence-electron chi connectivity index (χ0n) is 22.4. The maximum Gasteiger partial charge on any atom is 0.319 e. The third-order valence-corrected chi connectivity index (χ3v) is 7.03. The van der Waals surface area contributed by atoms with E-state index in [1.807, 2.05) is 0 Å². The van der Waals surface area contributed by atoms with Crippen LogP contribution < -0.4 is 27.0 Å². The van der Waals surface area contributed by atoms with Crippen molar-refractivity contribution in [3.05, 3.63) is 65.6 Å². The summed E-state index contributed by atoms with van der Waals surface area (Å²) in [5.41, 5.74) is 7.91. The molecule has 11 heteroatoms. The molecule has 3 aromatic rings. The summed E-state index contributed by atoms with van der Waals surface area (Å²) in [6.45, 7) is 3.79. The molecule has 3 amide bonds. The van der Waals surface area contributed by atoms with E-state index < -0.39 is 11.8 Å². The van der Waals surface area contributed by atoms with Crippen LogP contribution in [0.25, 0.3) is 11.3 Å². The van der Waals surface area contributed by atoms with Crippen molar-refractivity contribution < 1.29 is 14.0 Å². The van der Waals surface area contributed by atoms with E-state index in [0.717, 1.165) is 38.0 Å². The van der Waals surface area contributed by atoms with Crippen molar-refractivity contribution in [3.63, 3.8) is 0 Å². The van der Waals surface area contributed by atoms with Gasteiger partial charge in [0.15, 0.2) is 0 Å². The van der Waals surface area contributed by atoms with Gasteiger partial charge < -0.3 is 31.9 Å². The summed E-state index contributed by atoms with van der Waals surface area (Å²) in [4.78, 5) is 36.3. The molecule has 2 aliphatic rings. The monoisotopic (exact) mass is 546 g/mol. The molecule has 210 valence electrons. The largest absolute Gasteiger partial charge is 0.384 e. The molecule has 0 bridgehead atoms. The van der Waals surface area contributed by atoms with Gasteiger partial charge in [-0.1, -0.05) is 18.6 Å². The molecule has 2 aromatic heterocycles. The highest BCUT2D eigenvalue weighted by Gasteiger charge is 2.25. The van der Waals surface area contributed by atoms with Crippen molar-refractivity contribution in [1.29, 1.82) is 0 Å². The van der Waals surface area contributed by atoms with Gasteiger partial charge in [-0.05, 0) is 74.7 Å². The maximum absolute atomic E-state index is 14.9. The topological polar surface area (TPSA) is 137 Å². The molecule has 1 aliphatic carbocycles. The lowest BCUT2D eigenvalue weighted by atomic mass is 10.1. The smallest absolute Gasteiger partial charge is 0.319 e. The number of carbonyl (C=O) groups is 2. The van der Waals surface area contributed by atoms with Gasteiger partial charge >= 0.3 is 6.03 Å². The first-order valence-electron chi connectivity index (χ1n) is 13.8. The Kier molecular flexibility index (Phi) is 8.70. The number of nitrogens with zero attached hydrogens (tertiary/aromatic N) is 3. The zero-order valence-corrected chi connectivity index (χ0v) is 22.4. The average Bonchev–Trinajstić information content (AvgIpc) is 3.78. The Bertz CT molecular complexity index is 1340. The number of anilines is 3. The van der Waals surface area contributed by atoms with Gasteiger partial charge in [0.25, 0.3) is 5.91 Å². The van der Waals surface area contributed by atoms with E-state index in [0.29, 0.717) is 35.0 Å². The summed E-state index contributed by atoms with van der Waals surface area (Å²) >= 11 is 0. The fourth-order valence-electron chi connectivity index (χ4n) is 4.61. The Hall–Kier alpha value is -4.25. The van der Waals surface area contributed by atoms with Crippen molar-refractivity contribution in [3.8, 4) is 11.3 Å². The Morgan fingerprint density at radius 1 is 1.02 bits per heavy atom. The molecule has 0 radical (unpaired) electrons. The number of halogens is 1. The molecule has 5 rings (SSSR count). The summed E-state index contributed by atoms with van der Waals surface area (Å²) in [6, 6.07) is 11.1. The predicted octanol–water partition coefficient (Wildman–Crippen LogP) is 3.98. The zero-order chi connectivity index (χ0) is 27.9. The van der Waals surface area contributed by atoms with Crippen molar-refractivity contribution in [2.45, 2.75) is 44.7 Å². The van der Waals surface area contributed by atoms with Gasteiger partial charge in [-0.3, -0.25) is 4.79 Å². The Balaban J connectivity index is 1.22. The first-order valence-corrected chi connectivity index (χ1v) is 13.8. The normalized spacial score (nSPS) is 15.3. The van der Waals surface area contributed by atoms with Gasteiger partial charge in [-0.15, -0.1) is 0 Å². The van der Waals surface area contributed by atoms with Crippen molar-refractivity contribution in [2.24, 2.45) is 0 Å². The number of benzene rings is 1. The first kappa shape index (κ1) is 27.3. The third kappa shape index (κ3) is 7.44.